The molecule has 0 spiro atoms. The maximum Gasteiger partial charge on any atom is 0.336 e. The molecule has 0 aromatic heterocycles. The van der Waals surface area contributed by atoms with Crippen LogP contribution >= 0.6 is 28.6 Å². The highest BCUT2D eigenvalue weighted by atomic mass is 79.9. The molecule has 4 heteroatoms. The number of rotatable bonds is 1. The topological polar surface area (TPSA) is 37.3 Å². The number of aromatic carboxylic acids is 1. The molecule has 0 radical (unpaired) electrons. The first-order valence-corrected chi connectivity index (χ1v) is 4.49. The minimum Gasteiger partial charge on any atom is -0.478 e. The van der Waals surface area contributed by atoms with Gasteiger partial charge < -0.3 is 5.11 Å². The smallest absolute Gasteiger partial charge is 0.336 e. The fourth-order valence-electron chi connectivity index (χ4n) is 0.898. The van der Waals surface area contributed by atoms with Crippen LogP contribution in [-0.4, -0.2) is 11.1 Å². The van der Waals surface area contributed by atoms with Crippen molar-refractivity contribution in [2.24, 2.45) is 0 Å². The van der Waals surface area contributed by atoms with Crippen LogP contribution < -0.4 is 0 Å². The Morgan fingerprint density at radius 2 is 2.17 bits per heavy atom. The van der Waals surface area contributed by atoms with Crippen molar-refractivity contribution < 1.29 is 9.90 Å². The van der Waals surface area contributed by atoms with Crippen molar-refractivity contribution in [2.75, 3.05) is 0 Å². The lowest BCUT2D eigenvalue weighted by molar-refractivity contribution is 0.0693. The molecule has 1 aromatic rings. The Morgan fingerprint density at radius 3 is 2.67 bits per heavy atom. The van der Waals surface area contributed by atoms with Gasteiger partial charge in [-0.25, -0.2) is 4.79 Å². The van der Waals surface area contributed by atoms with E-state index in [1.807, 2.05) is 13.0 Å². The molecule has 12 heavy (non-hydrogen) atoms. The van der Waals surface area contributed by atoms with Crippen molar-refractivity contribution in [3.63, 3.8) is 0 Å². The summed E-state index contributed by atoms with van der Waals surface area (Å²) in [5.74, 6) is -0.954. The number of aryl methyl sites for hydroxylation is 1. The molecule has 0 unspecified atom stereocenters. The van der Waals surface area contributed by atoms with Crippen LogP contribution in [-0.2, 0) is 0 Å². The molecule has 0 aliphatic heterocycles. The molecule has 0 aliphatic rings. The minimum atomic E-state index is -0.954. The van der Waals surface area contributed by atoms with E-state index in [0.717, 1.165) is 5.56 Å². The number of thiol groups is 1. The second-order valence-electron chi connectivity index (χ2n) is 2.45. The zero-order valence-electron chi connectivity index (χ0n) is 6.34. The summed E-state index contributed by atoms with van der Waals surface area (Å²) in [4.78, 5) is 11.1. The van der Waals surface area contributed by atoms with Crippen LogP contribution in [0.3, 0.4) is 0 Å². The Kier molecular flexibility index (Phi) is 2.80. The first kappa shape index (κ1) is 9.61. The van der Waals surface area contributed by atoms with E-state index in [9.17, 15) is 4.79 Å². The number of hydrogen-bond acceptors (Lipinski definition) is 2. The average molecular weight is 247 g/mol. The van der Waals surface area contributed by atoms with Gasteiger partial charge in [-0.3, -0.25) is 0 Å². The third-order valence-corrected chi connectivity index (χ3v) is 2.85. The second kappa shape index (κ2) is 3.49. The third-order valence-electron chi connectivity index (χ3n) is 1.44. The van der Waals surface area contributed by atoms with Crippen molar-refractivity contribution in [2.45, 2.75) is 11.8 Å². The summed E-state index contributed by atoms with van der Waals surface area (Å²) in [5, 5.41) is 8.74. The Morgan fingerprint density at radius 1 is 1.58 bits per heavy atom. The van der Waals surface area contributed by atoms with Gasteiger partial charge in [-0.2, -0.15) is 0 Å². The molecule has 1 aromatic carbocycles. The van der Waals surface area contributed by atoms with Gasteiger partial charge in [0.15, 0.2) is 0 Å². The Labute approximate surface area is 84.1 Å². The highest BCUT2D eigenvalue weighted by Crippen LogP contribution is 2.26. The lowest BCUT2D eigenvalue weighted by atomic mass is 10.1. The van der Waals surface area contributed by atoms with Gasteiger partial charge in [-0.1, -0.05) is 0 Å². The first-order chi connectivity index (χ1) is 5.52. The van der Waals surface area contributed by atoms with E-state index in [0.29, 0.717) is 9.37 Å². The monoisotopic (exact) mass is 246 g/mol. The molecule has 0 heterocycles. The molecular weight excluding hydrogens is 240 g/mol. The summed E-state index contributed by atoms with van der Waals surface area (Å²) < 4.78 is 0.711. The van der Waals surface area contributed by atoms with Gasteiger partial charge in [0.05, 0.1) is 5.56 Å². The number of carbonyl (C=O) groups is 1. The maximum absolute atomic E-state index is 10.7. The van der Waals surface area contributed by atoms with Crippen molar-refractivity contribution in [3.05, 3.63) is 27.7 Å². The summed E-state index contributed by atoms with van der Waals surface area (Å²) >= 11 is 7.30. The number of halogens is 1. The molecule has 1 N–H and O–H groups in total. The average Bonchev–Trinajstić information content (AvgIpc) is 1.96. The van der Waals surface area contributed by atoms with Gasteiger partial charge in [0.2, 0.25) is 0 Å². The van der Waals surface area contributed by atoms with Gasteiger partial charge >= 0.3 is 5.97 Å². The fraction of sp³-hybridized carbons (Fsp3) is 0.125. The van der Waals surface area contributed by atoms with Crippen molar-refractivity contribution >= 4 is 34.5 Å². The summed E-state index contributed by atoms with van der Waals surface area (Å²) in [5.41, 5.74) is 1.13. The number of carboxylic acids is 1. The minimum absolute atomic E-state index is 0.227. The van der Waals surface area contributed by atoms with Crippen LogP contribution in [0.2, 0.25) is 0 Å². The summed E-state index contributed by atoms with van der Waals surface area (Å²) in [6.07, 6.45) is 0. The van der Waals surface area contributed by atoms with Crippen LogP contribution in [0.15, 0.2) is 21.5 Å². The zero-order valence-corrected chi connectivity index (χ0v) is 8.82. The van der Waals surface area contributed by atoms with E-state index in [4.69, 9.17) is 5.11 Å². The zero-order chi connectivity index (χ0) is 9.30. The Balaban J connectivity index is 3.37. The van der Waals surface area contributed by atoms with E-state index in [-0.39, 0.29) is 5.56 Å². The molecule has 0 atom stereocenters. The SMILES string of the molecule is Cc1cc(Br)c(S)c(C(=O)O)c1. The predicted octanol–water partition coefficient (Wildman–Crippen LogP) is 2.74. The van der Waals surface area contributed by atoms with Crippen molar-refractivity contribution in [1.29, 1.82) is 0 Å². The van der Waals surface area contributed by atoms with Gasteiger partial charge in [-0.05, 0) is 40.5 Å². The molecule has 1 rings (SSSR count). The molecule has 0 bridgehead atoms. The summed E-state index contributed by atoms with van der Waals surface area (Å²) in [6.45, 7) is 1.84. The number of hydrogen-bond donors (Lipinski definition) is 2. The van der Waals surface area contributed by atoms with Crippen LogP contribution in [0.25, 0.3) is 0 Å². The van der Waals surface area contributed by atoms with Gasteiger partial charge in [0.1, 0.15) is 0 Å². The number of carboxylic acid groups (broad SMARTS) is 1. The summed E-state index contributed by atoms with van der Waals surface area (Å²) in [7, 11) is 0. The fourth-order valence-corrected chi connectivity index (χ4v) is 1.70. The normalized spacial score (nSPS) is 9.92. The van der Waals surface area contributed by atoms with E-state index < -0.39 is 5.97 Å². The Bertz CT molecular complexity index is 336. The second-order valence-corrected chi connectivity index (χ2v) is 3.75. The molecule has 2 nitrogen and oxygen atoms in total. The number of benzene rings is 1. The quantitative estimate of drug-likeness (QED) is 0.748. The van der Waals surface area contributed by atoms with Gasteiger partial charge in [0, 0.05) is 9.37 Å². The van der Waals surface area contributed by atoms with Crippen molar-refractivity contribution in [1.82, 2.24) is 0 Å². The molecule has 0 amide bonds. The molecular formula is C8H7BrO2S. The molecule has 0 fully saturated rings. The summed E-state index contributed by atoms with van der Waals surface area (Å²) in [6, 6.07) is 3.42. The van der Waals surface area contributed by atoms with E-state index in [1.165, 1.54) is 0 Å². The molecule has 0 saturated carbocycles. The highest BCUT2D eigenvalue weighted by Gasteiger charge is 2.10. The van der Waals surface area contributed by atoms with Crippen LogP contribution in [0.4, 0.5) is 0 Å². The van der Waals surface area contributed by atoms with Gasteiger partial charge in [0.25, 0.3) is 0 Å². The van der Waals surface area contributed by atoms with Crippen LogP contribution in [0.5, 0.6) is 0 Å². The Hall–Kier alpha value is -0.480. The highest BCUT2D eigenvalue weighted by molar-refractivity contribution is 9.10. The standard InChI is InChI=1S/C8H7BrO2S/c1-4-2-5(8(10)11)7(12)6(9)3-4/h2-3,12H,1H3,(H,10,11). The lowest BCUT2D eigenvalue weighted by Crippen LogP contribution is -1.98. The lowest BCUT2D eigenvalue weighted by Gasteiger charge is -2.03. The molecule has 0 saturated heterocycles. The van der Waals surface area contributed by atoms with Crippen molar-refractivity contribution in [3.8, 4) is 0 Å². The van der Waals surface area contributed by atoms with Crippen LogP contribution in [0, 0.1) is 6.92 Å². The van der Waals surface area contributed by atoms with E-state index >= 15 is 0 Å². The first-order valence-electron chi connectivity index (χ1n) is 3.25. The van der Waals surface area contributed by atoms with Gasteiger partial charge in [-0.15, -0.1) is 12.6 Å². The molecule has 64 valence electrons. The molecule has 0 aliphatic carbocycles. The largest absolute Gasteiger partial charge is 0.478 e. The van der Waals surface area contributed by atoms with E-state index in [1.54, 1.807) is 6.07 Å². The predicted molar refractivity (Wildman–Crippen MR) is 53.1 cm³/mol. The third kappa shape index (κ3) is 1.81. The van der Waals surface area contributed by atoms with E-state index in [2.05, 4.69) is 28.6 Å². The maximum atomic E-state index is 10.7. The van der Waals surface area contributed by atoms with Crippen LogP contribution in [0.1, 0.15) is 15.9 Å².